The molecule has 0 saturated heterocycles. The molecule has 0 atom stereocenters. The van der Waals surface area contributed by atoms with Crippen LogP contribution in [0, 0.1) is 5.82 Å². The molecular formula is C21H19FN2O3S2. The van der Waals surface area contributed by atoms with E-state index in [9.17, 15) is 17.6 Å². The molecule has 3 aromatic rings. The number of halogens is 1. The molecule has 2 aromatic carbocycles. The minimum Gasteiger partial charge on any atom is -0.347 e. The maximum Gasteiger partial charge on any atom is 0.263 e. The van der Waals surface area contributed by atoms with Crippen LogP contribution in [0.5, 0.6) is 0 Å². The van der Waals surface area contributed by atoms with Crippen LogP contribution in [0.2, 0.25) is 0 Å². The molecule has 150 valence electrons. The molecule has 8 heteroatoms. The lowest BCUT2D eigenvalue weighted by Gasteiger charge is -2.28. The molecule has 0 radical (unpaired) electrons. The van der Waals surface area contributed by atoms with E-state index >= 15 is 0 Å². The first-order chi connectivity index (χ1) is 13.9. The standard InChI is InChI=1S/C21H19FN2O3S2/c22-18-7-5-15(6-8-18)13-23-21(25)20-19(10-12-28-20)29(26,27)24-11-9-16-3-1-2-4-17(16)14-24/h1-8,10,12H,9,11,13-14H2,(H,23,25). The number of rotatable bonds is 5. The maximum absolute atomic E-state index is 13.2. The lowest BCUT2D eigenvalue weighted by molar-refractivity contribution is 0.0952. The molecule has 1 aliphatic heterocycles. The first kappa shape index (κ1) is 19.8. The fraction of sp³-hybridized carbons (Fsp3) is 0.190. The average Bonchev–Trinajstić information content (AvgIpc) is 3.24. The molecule has 2 heterocycles. The van der Waals surface area contributed by atoms with Crippen molar-refractivity contribution in [1.29, 1.82) is 0 Å². The fourth-order valence-corrected chi connectivity index (χ4v) is 6.08. The van der Waals surface area contributed by atoms with E-state index in [1.807, 2.05) is 24.3 Å². The smallest absolute Gasteiger partial charge is 0.263 e. The number of thiophene rings is 1. The number of carbonyl (C=O) groups excluding carboxylic acids is 1. The van der Waals surface area contributed by atoms with Gasteiger partial charge in [-0.05, 0) is 46.7 Å². The molecular weight excluding hydrogens is 411 g/mol. The van der Waals surface area contributed by atoms with E-state index < -0.39 is 15.9 Å². The van der Waals surface area contributed by atoms with E-state index in [-0.39, 0.29) is 22.1 Å². The highest BCUT2D eigenvalue weighted by Gasteiger charge is 2.32. The zero-order valence-electron chi connectivity index (χ0n) is 15.5. The van der Waals surface area contributed by atoms with Crippen LogP contribution in [-0.2, 0) is 29.5 Å². The third-order valence-electron chi connectivity index (χ3n) is 4.92. The van der Waals surface area contributed by atoms with Gasteiger partial charge in [0.25, 0.3) is 5.91 Å². The number of sulfonamides is 1. The van der Waals surface area contributed by atoms with Gasteiger partial charge in [-0.25, -0.2) is 12.8 Å². The summed E-state index contributed by atoms with van der Waals surface area (Å²) in [6.45, 7) is 0.865. The van der Waals surface area contributed by atoms with Crippen molar-refractivity contribution in [2.45, 2.75) is 24.4 Å². The van der Waals surface area contributed by atoms with Gasteiger partial charge in [-0.15, -0.1) is 11.3 Å². The second kappa shape index (κ2) is 8.06. The molecule has 0 spiro atoms. The normalized spacial score (nSPS) is 14.4. The average molecular weight is 431 g/mol. The van der Waals surface area contributed by atoms with Crippen molar-refractivity contribution >= 4 is 27.3 Å². The SMILES string of the molecule is O=C(NCc1ccc(F)cc1)c1sccc1S(=O)(=O)N1CCc2ccccc2C1. The number of carbonyl (C=O) groups is 1. The summed E-state index contributed by atoms with van der Waals surface area (Å²) >= 11 is 1.09. The molecule has 1 aliphatic rings. The highest BCUT2D eigenvalue weighted by atomic mass is 32.2. The molecule has 5 nitrogen and oxygen atoms in total. The van der Waals surface area contributed by atoms with Gasteiger partial charge < -0.3 is 5.32 Å². The minimum atomic E-state index is -3.79. The summed E-state index contributed by atoms with van der Waals surface area (Å²) in [5.41, 5.74) is 2.87. The van der Waals surface area contributed by atoms with Crippen molar-refractivity contribution in [2.75, 3.05) is 6.54 Å². The monoisotopic (exact) mass is 430 g/mol. The Morgan fingerprint density at radius 1 is 1.07 bits per heavy atom. The van der Waals surface area contributed by atoms with Gasteiger partial charge in [-0.3, -0.25) is 4.79 Å². The highest BCUT2D eigenvalue weighted by molar-refractivity contribution is 7.89. The quantitative estimate of drug-likeness (QED) is 0.673. The number of hydrogen-bond acceptors (Lipinski definition) is 4. The van der Waals surface area contributed by atoms with Gasteiger partial charge in [0.2, 0.25) is 10.0 Å². The Labute approximate surface area is 172 Å². The molecule has 1 N–H and O–H groups in total. The molecule has 0 bridgehead atoms. The van der Waals surface area contributed by atoms with Gasteiger partial charge in [-0.1, -0.05) is 36.4 Å². The first-order valence-electron chi connectivity index (χ1n) is 9.12. The second-order valence-electron chi connectivity index (χ2n) is 6.78. The van der Waals surface area contributed by atoms with Crippen molar-refractivity contribution in [3.05, 3.63) is 87.4 Å². The van der Waals surface area contributed by atoms with E-state index in [4.69, 9.17) is 0 Å². The molecule has 1 aromatic heterocycles. The maximum atomic E-state index is 13.2. The van der Waals surface area contributed by atoms with Crippen molar-refractivity contribution < 1.29 is 17.6 Å². The molecule has 1 amide bonds. The lowest BCUT2D eigenvalue weighted by Crippen LogP contribution is -2.36. The Balaban J connectivity index is 1.52. The summed E-state index contributed by atoms with van der Waals surface area (Å²) < 4.78 is 40.8. The summed E-state index contributed by atoms with van der Waals surface area (Å²) in [7, 11) is -3.79. The predicted octanol–water partition coefficient (Wildman–Crippen LogP) is 3.56. The van der Waals surface area contributed by atoms with E-state index in [0.29, 0.717) is 19.5 Å². The molecule has 29 heavy (non-hydrogen) atoms. The van der Waals surface area contributed by atoms with Crippen molar-refractivity contribution in [3.63, 3.8) is 0 Å². The number of fused-ring (bicyclic) bond motifs is 1. The Kier molecular flexibility index (Phi) is 5.49. The van der Waals surface area contributed by atoms with Crippen molar-refractivity contribution in [1.82, 2.24) is 9.62 Å². The van der Waals surface area contributed by atoms with Crippen LogP contribution < -0.4 is 5.32 Å². The number of nitrogens with zero attached hydrogens (tertiary/aromatic N) is 1. The molecule has 0 fully saturated rings. The van der Waals surface area contributed by atoms with Crippen LogP contribution in [0.25, 0.3) is 0 Å². The van der Waals surface area contributed by atoms with Crippen LogP contribution >= 0.6 is 11.3 Å². The van der Waals surface area contributed by atoms with Crippen LogP contribution in [0.15, 0.2) is 64.9 Å². The van der Waals surface area contributed by atoms with Crippen LogP contribution in [0.1, 0.15) is 26.4 Å². The van der Waals surface area contributed by atoms with Gasteiger partial charge >= 0.3 is 0 Å². The summed E-state index contributed by atoms with van der Waals surface area (Å²) in [6, 6.07) is 15.1. The minimum absolute atomic E-state index is 0.0264. The summed E-state index contributed by atoms with van der Waals surface area (Å²) in [6.07, 6.45) is 0.644. The van der Waals surface area contributed by atoms with E-state index in [1.54, 1.807) is 17.5 Å². The van der Waals surface area contributed by atoms with E-state index in [2.05, 4.69) is 5.32 Å². The zero-order valence-corrected chi connectivity index (χ0v) is 17.1. The van der Waals surface area contributed by atoms with Crippen LogP contribution in [-0.4, -0.2) is 25.2 Å². The summed E-state index contributed by atoms with van der Waals surface area (Å²) in [5.74, 6) is -0.810. The molecule has 0 unspecified atom stereocenters. The largest absolute Gasteiger partial charge is 0.347 e. The predicted molar refractivity (Wildman–Crippen MR) is 110 cm³/mol. The number of amides is 1. The molecule has 4 rings (SSSR count). The Morgan fingerprint density at radius 2 is 1.79 bits per heavy atom. The van der Waals surface area contributed by atoms with Crippen LogP contribution in [0.4, 0.5) is 4.39 Å². The Morgan fingerprint density at radius 3 is 2.55 bits per heavy atom. The summed E-state index contributed by atoms with van der Waals surface area (Å²) in [5, 5.41) is 4.33. The Hall–Kier alpha value is -2.55. The second-order valence-corrected chi connectivity index (χ2v) is 9.60. The van der Waals surface area contributed by atoms with Gasteiger partial charge in [0.1, 0.15) is 15.6 Å². The number of nitrogens with one attached hydrogen (secondary N) is 1. The van der Waals surface area contributed by atoms with Crippen molar-refractivity contribution in [2.24, 2.45) is 0 Å². The van der Waals surface area contributed by atoms with Gasteiger partial charge in [0.05, 0.1) is 0 Å². The molecule has 0 aliphatic carbocycles. The molecule has 0 saturated carbocycles. The van der Waals surface area contributed by atoms with E-state index in [1.165, 1.54) is 22.5 Å². The zero-order chi connectivity index (χ0) is 20.4. The highest BCUT2D eigenvalue weighted by Crippen LogP contribution is 2.29. The topological polar surface area (TPSA) is 66.5 Å². The number of hydrogen-bond donors (Lipinski definition) is 1. The Bertz CT molecular complexity index is 1140. The van der Waals surface area contributed by atoms with E-state index in [0.717, 1.165) is 28.0 Å². The van der Waals surface area contributed by atoms with Crippen molar-refractivity contribution in [3.8, 4) is 0 Å². The fourth-order valence-electron chi connectivity index (χ4n) is 3.35. The third-order valence-corrected chi connectivity index (χ3v) is 7.85. The van der Waals surface area contributed by atoms with Gasteiger partial charge in [0, 0.05) is 19.6 Å². The lowest BCUT2D eigenvalue weighted by atomic mass is 10.0. The number of benzene rings is 2. The summed E-state index contributed by atoms with van der Waals surface area (Å²) in [4.78, 5) is 12.8. The third kappa shape index (κ3) is 4.10. The first-order valence-corrected chi connectivity index (χ1v) is 11.4. The van der Waals surface area contributed by atoms with Gasteiger partial charge in [-0.2, -0.15) is 4.31 Å². The van der Waals surface area contributed by atoms with Gasteiger partial charge in [0.15, 0.2) is 0 Å². The van der Waals surface area contributed by atoms with Crippen LogP contribution in [0.3, 0.4) is 0 Å².